The molecule has 3 fully saturated rings. The van der Waals surface area contributed by atoms with E-state index in [0.29, 0.717) is 43.6 Å². The van der Waals surface area contributed by atoms with Gasteiger partial charge in [-0.05, 0) is 80.6 Å². The summed E-state index contributed by atoms with van der Waals surface area (Å²) >= 11 is 0. The molecule has 0 heterocycles. The van der Waals surface area contributed by atoms with Crippen LogP contribution in [0.2, 0.25) is 0 Å². The first-order valence-corrected chi connectivity index (χ1v) is 11.1. The van der Waals surface area contributed by atoms with Gasteiger partial charge in [-0.15, -0.1) is 0 Å². The number of ketones is 1. The molecular formula is C23H35NO4. The number of hydrogen-bond donors (Lipinski definition) is 3. The van der Waals surface area contributed by atoms with E-state index in [9.17, 15) is 14.7 Å². The van der Waals surface area contributed by atoms with Gasteiger partial charge in [-0.2, -0.15) is 0 Å². The van der Waals surface area contributed by atoms with Gasteiger partial charge in [-0.1, -0.05) is 19.4 Å². The summed E-state index contributed by atoms with van der Waals surface area (Å²) in [7, 11) is 0. The third kappa shape index (κ3) is 2.72. The maximum Gasteiger partial charge on any atom is 0.252 e. The summed E-state index contributed by atoms with van der Waals surface area (Å²) in [5.41, 5.74) is -0.233. The number of allylic oxidation sites excluding steroid dienone is 1. The molecule has 0 bridgehead atoms. The Kier molecular flexibility index (Phi) is 4.98. The lowest BCUT2D eigenvalue weighted by molar-refractivity contribution is -0.164. The van der Waals surface area contributed by atoms with Gasteiger partial charge in [0, 0.05) is 25.0 Å². The second kappa shape index (κ2) is 6.94. The Morgan fingerprint density at radius 2 is 1.89 bits per heavy atom. The third-order valence-electron chi connectivity index (χ3n) is 9.11. The Morgan fingerprint density at radius 1 is 1.14 bits per heavy atom. The smallest absolute Gasteiger partial charge is 0.252 e. The molecule has 4 aliphatic rings. The molecule has 0 saturated heterocycles. The van der Waals surface area contributed by atoms with Crippen molar-refractivity contribution in [3.05, 3.63) is 11.6 Å². The second-order valence-electron chi connectivity index (χ2n) is 10.2. The molecule has 5 nitrogen and oxygen atoms in total. The van der Waals surface area contributed by atoms with Gasteiger partial charge in [0.2, 0.25) is 0 Å². The highest BCUT2D eigenvalue weighted by Gasteiger charge is 2.66. The quantitative estimate of drug-likeness (QED) is 0.645. The number of carbonyl (C=O) groups is 2. The van der Waals surface area contributed by atoms with Gasteiger partial charge in [0.05, 0.1) is 0 Å². The van der Waals surface area contributed by atoms with Crippen molar-refractivity contribution in [2.24, 2.45) is 28.6 Å². The molecule has 0 spiro atoms. The van der Waals surface area contributed by atoms with Crippen LogP contribution in [0.25, 0.3) is 0 Å². The van der Waals surface area contributed by atoms with Crippen LogP contribution in [0.5, 0.6) is 0 Å². The Morgan fingerprint density at radius 3 is 2.64 bits per heavy atom. The highest BCUT2D eigenvalue weighted by molar-refractivity contribution is 5.91. The summed E-state index contributed by atoms with van der Waals surface area (Å²) in [5.74, 6) is 1.46. The van der Waals surface area contributed by atoms with E-state index in [-0.39, 0.29) is 29.1 Å². The Labute approximate surface area is 168 Å². The first-order valence-electron chi connectivity index (χ1n) is 11.1. The summed E-state index contributed by atoms with van der Waals surface area (Å²) in [6.07, 6.45) is 9.41. The Bertz CT molecular complexity index is 703. The molecule has 0 aromatic heterocycles. The van der Waals surface area contributed by atoms with Crippen molar-refractivity contribution in [2.45, 2.75) is 77.2 Å². The van der Waals surface area contributed by atoms with Crippen molar-refractivity contribution < 1.29 is 19.8 Å². The van der Waals surface area contributed by atoms with E-state index in [1.807, 2.05) is 6.08 Å². The SMILES string of the molecule is CC12CCC(=O)C=C1CCC1C2CCC2(C)C1CC[C@]2(O)C(=O)NCCCO. The summed E-state index contributed by atoms with van der Waals surface area (Å²) < 4.78 is 0. The number of amides is 1. The minimum absolute atomic E-state index is 0.0410. The summed E-state index contributed by atoms with van der Waals surface area (Å²) in [5, 5.41) is 23.3. The lowest BCUT2D eigenvalue weighted by Gasteiger charge is -2.58. The largest absolute Gasteiger partial charge is 0.396 e. The van der Waals surface area contributed by atoms with Crippen LogP contribution in [0.3, 0.4) is 0 Å². The fourth-order valence-corrected chi connectivity index (χ4v) is 7.38. The molecule has 3 N–H and O–H groups in total. The number of aliphatic hydroxyl groups is 2. The molecular weight excluding hydrogens is 354 g/mol. The number of nitrogens with one attached hydrogen (secondary N) is 1. The van der Waals surface area contributed by atoms with E-state index in [1.54, 1.807) is 0 Å². The molecule has 28 heavy (non-hydrogen) atoms. The molecule has 5 heteroatoms. The number of carbonyl (C=O) groups excluding carboxylic acids is 2. The molecule has 3 saturated carbocycles. The Hall–Kier alpha value is -1.20. The van der Waals surface area contributed by atoms with Crippen LogP contribution >= 0.6 is 0 Å². The number of aliphatic hydroxyl groups excluding tert-OH is 1. The second-order valence-corrected chi connectivity index (χ2v) is 10.2. The van der Waals surface area contributed by atoms with E-state index in [2.05, 4.69) is 19.2 Å². The van der Waals surface area contributed by atoms with Gasteiger partial charge in [-0.25, -0.2) is 0 Å². The predicted molar refractivity (Wildman–Crippen MR) is 106 cm³/mol. The van der Waals surface area contributed by atoms with Crippen molar-refractivity contribution in [1.82, 2.24) is 5.32 Å². The zero-order chi connectivity index (χ0) is 20.2. The van der Waals surface area contributed by atoms with Crippen LogP contribution < -0.4 is 5.32 Å². The molecule has 0 aliphatic heterocycles. The average Bonchev–Trinajstić information content (AvgIpc) is 2.95. The maximum atomic E-state index is 12.9. The highest BCUT2D eigenvalue weighted by atomic mass is 16.3. The predicted octanol–water partition coefficient (Wildman–Crippen LogP) is 2.75. The normalized spacial score (nSPS) is 44.9. The summed E-state index contributed by atoms with van der Waals surface area (Å²) in [6, 6.07) is 0. The minimum Gasteiger partial charge on any atom is -0.396 e. The number of hydrogen-bond acceptors (Lipinski definition) is 4. The number of fused-ring (bicyclic) bond motifs is 5. The highest BCUT2D eigenvalue weighted by Crippen LogP contribution is 2.67. The van der Waals surface area contributed by atoms with Crippen molar-refractivity contribution >= 4 is 11.7 Å². The lowest BCUT2D eigenvalue weighted by atomic mass is 9.46. The molecule has 4 aliphatic carbocycles. The van der Waals surface area contributed by atoms with E-state index in [0.717, 1.165) is 38.5 Å². The molecule has 6 atom stereocenters. The van der Waals surface area contributed by atoms with Crippen molar-refractivity contribution in [3.63, 3.8) is 0 Å². The Balaban J connectivity index is 1.58. The van der Waals surface area contributed by atoms with E-state index >= 15 is 0 Å². The fraction of sp³-hybridized carbons (Fsp3) is 0.826. The monoisotopic (exact) mass is 389 g/mol. The average molecular weight is 390 g/mol. The third-order valence-corrected chi connectivity index (χ3v) is 9.11. The molecule has 0 radical (unpaired) electrons. The molecule has 4 rings (SSSR count). The minimum atomic E-state index is -1.31. The van der Waals surface area contributed by atoms with Crippen LogP contribution in [0.4, 0.5) is 0 Å². The fourth-order valence-electron chi connectivity index (χ4n) is 7.38. The maximum absolute atomic E-state index is 12.9. The van der Waals surface area contributed by atoms with Crippen molar-refractivity contribution in [1.29, 1.82) is 0 Å². The number of rotatable bonds is 4. The standard InChI is InChI=1S/C23H35NO4/c1-21-9-6-16(26)14-15(21)4-5-17-18(21)7-10-22(2)19(17)8-11-23(22,28)20(27)24-12-3-13-25/h14,17-19,25,28H,3-13H2,1-2H3,(H,24,27)/t17?,18?,19?,21?,22?,23-/m0/s1. The summed E-state index contributed by atoms with van der Waals surface area (Å²) in [4.78, 5) is 24.9. The van der Waals surface area contributed by atoms with Gasteiger partial charge in [-0.3, -0.25) is 9.59 Å². The molecule has 1 amide bonds. The van der Waals surface area contributed by atoms with Crippen LogP contribution in [0.1, 0.15) is 71.6 Å². The van der Waals surface area contributed by atoms with Crippen molar-refractivity contribution in [2.75, 3.05) is 13.2 Å². The van der Waals surface area contributed by atoms with Gasteiger partial charge < -0.3 is 15.5 Å². The molecule has 5 unspecified atom stereocenters. The van der Waals surface area contributed by atoms with Gasteiger partial charge in [0.15, 0.2) is 5.78 Å². The zero-order valence-corrected chi connectivity index (χ0v) is 17.3. The lowest BCUT2D eigenvalue weighted by Crippen LogP contribution is -2.60. The zero-order valence-electron chi connectivity index (χ0n) is 17.3. The van der Waals surface area contributed by atoms with Crippen LogP contribution in [-0.4, -0.2) is 40.7 Å². The topological polar surface area (TPSA) is 86.6 Å². The van der Waals surface area contributed by atoms with Gasteiger partial charge >= 0.3 is 0 Å². The van der Waals surface area contributed by atoms with E-state index in [4.69, 9.17) is 5.11 Å². The van der Waals surface area contributed by atoms with E-state index < -0.39 is 5.60 Å². The molecule has 156 valence electrons. The van der Waals surface area contributed by atoms with Crippen LogP contribution in [0, 0.1) is 28.6 Å². The van der Waals surface area contributed by atoms with Crippen LogP contribution in [0.15, 0.2) is 11.6 Å². The van der Waals surface area contributed by atoms with Crippen LogP contribution in [-0.2, 0) is 9.59 Å². The first kappa shape index (κ1) is 20.1. The van der Waals surface area contributed by atoms with Crippen molar-refractivity contribution in [3.8, 4) is 0 Å². The first-order chi connectivity index (χ1) is 13.3. The van der Waals surface area contributed by atoms with Gasteiger partial charge in [0.1, 0.15) is 5.60 Å². The van der Waals surface area contributed by atoms with Gasteiger partial charge in [0.25, 0.3) is 5.91 Å². The molecule has 0 aromatic rings. The summed E-state index contributed by atoms with van der Waals surface area (Å²) in [6.45, 7) is 4.93. The van der Waals surface area contributed by atoms with E-state index in [1.165, 1.54) is 5.57 Å². The molecule has 0 aromatic carbocycles.